The molecule has 1 aliphatic heterocycles. The predicted molar refractivity (Wildman–Crippen MR) is 124 cm³/mol. The number of carbonyl (C=O) groups excluding carboxylic acids is 3. The number of aromatic nitrogens is 2. The molecule has 1 aromatic carbocycles. The molecule has 1 amide bonds. The molecule has 4 rings (SSSR count). The van der Waals surface area contributed by atoms with Crippen molar-refractivity contribution in [3.63, 3.8) is 0 Å². The topological polar surface area (TPSA) is 117 Å². The molecule has 2 N–H and O–H groups in total. The van der Waals surface area contributed by atoms with Crippen molar-refractivity contribution in [3.05, 3.63) is 59.7 Å². The Morgan fingerprint density at radius 2 is 2.00 bits per heavy atom. The maximum Gasteiger partial charge on any atom is 0.459 e. The standard InChI is InChI=1S/C24H26BFN4O5/c1-27-17(13-25(34)35)11-23(32)21-6-8-30(21)24(33)18(15-2-3-15)12-22(31)16-4-5-20(19(26)10-16)29-9-7-28-14-29/h4-5,7,9-10,14-15,17-18,21,34-35H,2-3,6,8,11-13H2. The van der Waals surface area contributed by atoms with Crippen molar-refractivity contribution in [2.24, 2.45) is 11.8 Å². The van der Waals surface area contributed by atoms with Gasteiger partial charge >= 0.3 is 7.12 Å². The van der Waals surface area contributed by atoms with Crippen LogP contribution >= 0.6 is 0 Å². The molecule has 0 bridgehead atoms. The van der Waals surface area contributed by atoms with Gasteiger partial charge in [-0.1, -0.05) is 0 Å². The van der Waals surface area contributed by atoms with Crippen LogP contribution in [0.3, 0.4) is 0 Å². The molecule has 2 aromatic rings. The number of hydrogen-bond donors (Lipinski definition) is 2. The highest BCUT2D eigenvalue weighted by Crippen LogP contribution is 2.41. The van der Waals surface area contributed by atoms with Gasteiger partial charge in [-0.25, -0.2) is 15.9 Å². The number of benzene rings is 1. The Balaban J connectivity index is 1.41. The van der Waals surface area contributed by atoms with Crippen LogP contribution in [0.15, 0.2) is 36.9 Å². The van der Waals surface area contributed by atoms with Gasteiger partial charge in [0, 0.05) is 36.8 Å². The molecule has 2 aliphatic rings. The van der Waals surface area contributed by atoms with Gasteiger partial charge in [0.05, 0.1) is 30.8 Å². The number of hydrogen-bond acceptors (Lipinski definition) is 6. The first-order valence-corrected chi connectivity index (χ1v) is 11.7. The van der Waals surface area contributed by atoms with E-state index in [9.17, 15) is 18.8 Å². The van der Waals surface area contributed by atoms with Crippen molar-refractivity contribution < 1.29 is 28.8 Å². The average Bonchev–Trinajstić information content (AvgIpc) is 3.48. The third-order valence-corrected chi connectivity index (χ3v) is 6.74. The van der Waals surface area contributed by atoms with Crippen molar-refractivity contribution in [1.82, 2.24) is 14.5 Å². The fourth-order valence-corrected chi connectivity index (χ4v) is 4.56. The first-order chi connectivity index (χ1) is 16.8. The minimum Gasteiger partial charge on any atom is -0.427 e. The molecule has 2 fully saturated rings. The lowest BCUT2D eigenvalue weighted by Gasteiger charge is -2.42. The third-order valence-electron chi connectivity index (χ3n) is 6.74. The molecule has 0 spiro atoms. The zero-order chi connectivity index (χ0) is 25.1. The van der Waals surface area contributed by atoms with Crippen molar-refractivity contribution >= 4 is 24.6 Å². The van der Waals surface area contributed by atoms with E-state index in [0.29, 0.717) is 13.0 Å². The third kappa shape index (κ3) is 5.66. The largest absolute Gasteiger partial charge is 0.459 e. The highest BCUT2D eigenvalue weighted by Gasteiger charge is 2.46. The van der Waals surface area contributed by atoms with E-state index in [-0.39, 0.29) is 53.8 Å². The number of rotatable bonds is 11. The number of carbonyl (C=O) groups is 3. The van der Waals surface area contributed by atoms with E-state index in [1.54, 1.807) is 6.20 Å². The first-order valence-electron chi connectivity index (χ1n) is 11.7. The number of nitrogens with zero attached hydrogens (tertiary/aromatic N) is 4. The molecule has 1 aromatic heterocycles. The molecule has 9 nitrogen and oxygen atoms in total. The van der Waals surface area contributed by atoms with E-state index in [0.717, 1.165) is 12.8 Å². The Morgan fingerprint density at radius 1 is 1.23 bits per heavy atom. The summed E-state index contributed by atoms with van der Waals surface area (Å²) in [5.74, 6) is -1.98. The van der Waals surface area contributed by atoms with Crippen molar-refractivity contribution in [3.8, 4) is 5.69 Å². The molecule has 3 atom stereocenters. The molecule has 1 aliphatic carbocycles. The maximum absolute atomic E-state index is 14.6. The van der Waals surface area contributed by atoms with Crippen LogP contribution in [0.1, 0.15) is 42.5 Å². The van der Waals surface area contributed by atoms with Gasteiger partial charge in [0.1, 0.15) is 5.82 Å². The summed E-state index contributed by atoms with van der Waals surface area (Å²) in [4.78, 5) is 47.6. The van der Waals surface area contributed by atoms with E-state index in [2.05, 4.69) is 9.83 Å². The summed E-state index contributed by atoms with van der Waals surface area (Å²) < 4.78 is 16.1. The lowest BCUT2D eigenvalue weighted by molar-refractivity contribution is -0.150. The minimum absolute atomic E-state index is 0.0541. The van der Waals surface area contributed by atoms with Crippen LogP contribution in [0.2, 0.25) is 6.32 Å². The van der Waals surface area contributed by atoms with Crippen LogP contribution < -0.4 is 0 Å². The lowest BCUT2D eigenvalue weighted by Crippen LogP contribution is -2.57. The van der Waals surface area contributed by atoms with Crippen LogP contribution in [0, 0.1) is 24.2 Å². The zero-order valence-electron chi connectivity index (χ0n) is 19.1. The molecular weight excluding hydrogens is 454 g/mol. The SMILES string of the molecule is [C-]#[N+]C(CB(O)O)CC(=O)C1CCN1C(=O)C(CC(=O)c1ccc(-n2ccnc2)c(F)c1)C1CC1. The second-order valence-corrected chi connectivity index (χ2v) is 9.21. The number of amides is 1. The number of likely N-dealkylation sites (tertiary alicyclic amines) is 1. The monoisotopic (exact) mass is 480 g/mol. The maximum atomic E-state index is 14.6. The van der Waals surface area contributed by atoms with Gasteiger partial charge in [0.15, 0.2) is 11.6 Å². The quantitative estimate of drug-likeness (QED) is 0.289. The molecule has 35 heavy (non-hydrogen) atoms. The van der Waals surface area contributed by atoms with Crippen LogP contribution in [-0.4, -0.2) is 67.7 Å². The second kappa shape index (κ2) is 10.5. The van der Waals surface area contributed by atoms with Gasteiger partial charge in [-0.05, 0) is 43.4 Å². The molecule has 2 heterocycles. The Bertz CT molecular complexity index is 1150. The molecule has 1 saturated heterocycles. The van der Waals surface area contributed by atoms with Crippen LogP contribution in [0.25, 0.3) is 10.5 Å². The van der Waals surface area contributed by atoms with Gasteiger partial charge in [0.2, 0.25) is 11.9 Å². The molecule has 1 saturated carbocycles. The van der Waals surface area contributed by atoms with E-state index >= 15 is 0 Å². The Hall–Kier alpha value is -3.36. The van der Waals surface area contributed by atoms with Gasteiger partial charge in [-0.3, -0.25) is 14.4 Å². The Morgan fingerprint density at radius 3 is 2.54 bits per heavy atom. The first kappa shape index (κ1) is 24.8. The van der Waals surface area contributed by atoms with E-state index in [1.165, 1.54) is 40.2 Å². The molecule has 3 unspecified atom stereocenters. The summed E-state index contributed by atoms with van der Waals surface area (Å²) in [5, 5.41) is 18.2. The number of halogens is 1. The van der Waals surface area contributed by atoms with Crippen molar-refractivity contribution in [2.75, 3.05) is 6.54 Å². The number of Topliss-reactive ketones (excluding diaryl/α,β-unsaturated/α-hetero) is 2. The van der Waals surface area contributed by atoms with Gasteiger partial charge in [-0.2, -0.15) is 0 Å². The summed E-state index contributed by atoms with van der Waals surface area (Å²) in [6, 6.07) is 2.68. The van der Waals surface area contributed by atoms with Crippen LogP contribution in [-0.2, 0) is 9.59 Å². The van der Waals surface area contributed by atoms with Crippen LogP contribution in [0.4, 0.5) is 4.39 Å². The molecule has 182 valence electrons. The van der Waals surface area contributed by atoms with Gasteiger partial charge in [0.25, 0.3) is 0 Å². The van der Waals surface area contributed by atoms with E-state index in [4.69, 9.17) is 16.6 Å². The molecule has 11 heteroatoms. The fourth-order valence-electron chi connectivity index (χ4n) is 4.56. The zero-order valence-corrected chi connectivity index (χ0v) is 19.1. The van der Waals surface area contributed by atoms with E-state index in [1.807, 2.05) is 0 Å². The normalized spacial score (nSPS) is 18.8. The van der Waals surface area contributed by atoms with Crippen molar-refractivity contribution in [1.29, 1.82) is 0 Å². The molecule has 0 radical (unpaired) electrons. The number of ketones is 2. The summed E-state index contributed by atoms with van der Waals surface area (Å²) >= 11 is 0. The highest BCUT2D eigenvalue weighted by molar-refractivity contribution is 6.41. The minimum atomic E-state index is -1.68. The summed E-state index contributed by atoms with van der Waals surface area (Å²) in [7, 11) is -1.68. The summed E-state index contributed by atoms with van der Waals surface area (Å²) in [5.41, 5.74) is 0.450. The number of imidazole rings is 1. The van der Waals surface area contributed by atoms with Crippen molar-refractivity contribution in [2.45, 2.75) is 50.5 Å². The highest BCUT2D eigenvalue weighted by atomic mass is 19.1. The smallest absolute Gasteiger partial charge is 0.427 e. The Labute approximate surface area is 202 Å². The lowest BCUT2D eigenvalue weighted by atomic mass is 9.79. The summed E-state index contributed by atoms with van der Waals surface area (Å²) in [6.45, 7) is 7.55. The van der Waals surface area contributed by atoms with Gasteiger partial charge < -0.3 is 24.4 Å². The average molecular weight is 480 g/mol. The summed E-state index contributed by atoms with van der Waals surface area (Å²) in [6.07, 6.45) is 6.23. The Kier molecular flexibility index (Phi) is 7.43. The van der Waals surface area contributed by atoms with Gasteiger partial charge in [-0.15, -0.1) is 0 Å². The van der Waals surface area contributed by atoms with E-state index < -0.39 is 30.9 Å². The van der Waals surface area contributed by atoms with Crippen LogP contribution in [0.5, 0.6) is 0 Å². The fraction of sp³-hybridized carbons (Fsp3) is 0.458. The second-order valence-electron chi connectivity index (χ2n) is 9.21. The molecular formula is C24H26BFN4O5. The predicted octanol–water partition coefficient (Wildman–Crippen LogP) is 1.93.